The fourth-order valence-electron chi connectivity index (χ4n) is 2.96. The molecule has 0 atom stereocenters. The molecule has 0 unspecified atom stereocenters. The number of esters is 1. The van der Waals surface area contributed by atoms with Crippen molar-refractivity contribution >= 4 is 29.0 Å². The van der Waals surface area contributed by atoms with E-state index < -0.39 is 0 Å². The molecule has 0 aliphatic rings. The molecule has 0 bridgehead atoms. The zero-order valence-electron chi connectivity index (χ0n) is 16.3. The molecule has 5 nitrogen and oxygen atoms in total. The summed E-state index contributed by atoms with van der Waals surface area (Å²) in [7, 11) is 0. The Hall–Kier alpha value is -3.12. The van der Waals surface area contributed by atoms with Crippen LogP contribution < -0.4 is 5.32 Å². The van der Waals surface area contributed by atoms with Crippen LogP contribution in [0.3, 0.4) is 0 Å². The number of furan rings is 1. The molecule has 6 heteroatoms. The van der Waals surface area contributed by atoms with Crippen molar-refractivity contribution in [3.05, 3.63) is 78.8 Å². The third kappa shape index (κ3) is 5.93. The fourth-order valence-corrected chi connectivity index (χ4v) is 3.22. The summed E-state index contributed by atoms with van der Waals surface area (Å²) in [5.74, 6) is 0.527. The Labute approximate surface area is 176 Å². The predicted molar refractivity (Wildman–Crippen MR) is 118 cm³/mol. The first-order valence-electron chi connectivity index (χ1n) is 9.55. The van der Waals surface area contributed by atoms with Gasteiger partial charge in [0.05, 0.1) is 25.8 Å². The Morgan fingerprint density at radius 1 is 1.07 bits per heavy atom. The summed E-state index contributed by atoms with van der Waals surface area (Å²) in [5, 5.41) is 3.86. The van der Waals surface area contributed by atoms with Crippen LogP contribution in [0.4, 0.5) is 5.69 Å². The molecule has 1 aromatic heterocycles. The largest absolute Gasteiger partial charge is 0.467 e. The molecule has 0 amide bonds. The molecule has 3 rings (SSSR count). The van der Waals surface area contributed by atoms with Crippen molar-refractivity contribution in [2.24, 2.45) is 0 Å². The number of thiocarbonyl (C=S) groups is 1. The fraction of sp³-hybridized carbons (Fsp3) is 0.217. The van der Waals surface area contributed by atoms with E-state index in [1.165, 1.54) is 0 Å². The molecule has 1 heterocycles. The molecule has 29 heavy (non-hydrogen) atoms. The molecular formula is C23H24N2O3S. The van der Waals surface area contributed by atoms with Crippen LogP contribution in [0, 0.1) is 0 Å². The van der Waals surface area contributed by atoms with E-state index in [-0.39, 0.29) is 12.4 Å². The van der Waals surface area contributed by atoms with Gasteiger partial charge in [-0.25, -0.2) is 0 Å². The summed E-state index contributed by atoms with van der Waals surface area (Å²) in [4.78, 5) is 13.7. The molecule has 0 aliphatic heterocycles. The number of benzene rings is 2. The highest BCUT2D eigenvalue weighted by atomic mass is 32.1. The Kier molecular flexibility index (Phi) is 7.41. The number of hydrogen-bond acceptors (Lipinski definition) is 4. The van der Waals surface area contributed by atoms with Crippen molar-refractivity contribution in [3.63, 3.8) is 0 Å². The number of nitrogens with zero attached hydrogens (tertiary/aromatic N) is 1. The summed E-state index contributed by atoms with van der Waals surface area (Å²) < 4.78 is 10.5. The minimum atomic E-state index is -0.246. The van der Waals surface area contributed by atoms with Crippen LogP contribution in [0.15, 0.2) is 77.4 Å². The van der Waals surface area contributed by atoms with Gasteiger partial charge in [0.1, 0.15) is 5.76 Å². The van der Waals surface area contributed by atoms with E-state index in [2.05, 4.69) is 23.5 Å². The summed E-state index contributed by atoms with van der Waals surface area (Å²) in [6, 6.07) is 21.9. The summed E-state index contributed by atoms with van der Waals surface area (Å²) >= 11 is 5.68. The summed E-state index contributed by atoms with van der Waals surface area (Å²) in [6.45, 7) is 3.06. The van der Waals surface area contributed by atoms with Gasteiger partial charge in [0.15, 0.2) is 5.11 Å². The van der Waals surface area contributed by atoms with Gasteiger partial charge in [0.2, 0.25) is 0 Å². The number of hydrogen-bond donors (Lipinski definition) is 1. The lowest BCUT2D eigenvalue weighted by molar-refractivity contribution is -0.143. The Bertz CT molecular complexity index is 926. The van der Waals surface area contributed by atoms with Crippen LogP contribution >= 0.6 is 12.2 Å². The Morgan fingerprint density at radius 3 is 2.55 bits per heavy atom. The van der Waals surface area contributed by atoms with E-state index in [9.17, 15) is 4.79 Å². The zero-order chi connectivity index (χ0) is 20.5. The molecule has 0 saturated heterocycles. The second kappa shape index (κ2) is 10.4. The van der Waals surface area contributed by atoms with Gasteiger partial charge in [0, 0.05) is 17.8 Å². The van der Waals surface area contributed by atoms with Gasteiger partial charge < -0.3 is 19.4 Å². The standard InChI is InChI=1S/C23H24N2O3S/c1-2-27-22(26)14-15-25(17-19-11-8-16-28-19)23(29)24-21-13-7-6-12-20(21)18-9-4-3-5-10-18/h3-13,16H,2,14-15,17H2,1H3,(H,24,29). The van der Waals surface area contributed by atoms with E-state index in [1.54, 1.807) is 13.2 Å². The number of ether oxygens (including phenoxy) is 1. The van der Waals surface area contributed by atoms with Crippen LogP contribution in [-0.4, -0.2) is 29.1 Å². The Balaban J connectivity index is 1.76. The highest BCUT2D eigenvalue weighted by molar-refractivity contribution is 7.80. The van der Waals surface area contributed by atoms with E-state index in [1.807, 2.05) is 53.4 Å². The molecule has 0 spiro atoms. The van der Waals surface area contributed by atoms with Gasteiger partial charge in [-0.2, -0.15) is 0 Å². The van der Waals surface area contributed by atoms with Gasteiger partial charge >= 0.3 is 5.97 Å². The van der Waals surface area contributed by atoms with Crippen molar-refractivity contribution in [1.29, 1.82) is 0 Å². The highest BCUT2D eigenvalue weighted by Gasteiger charge is 2.16. The molecule has 1 N–H and O–H groups in total. The Morgan fingerprint density at radius 2 is 1.83 bits per heavy atom. The molecule has 0 saturated carbocycles. The van der Waals surface area contributed by atoms with Crippen LogP contribution in [0.1, 0.15) is 19.1 Å². The number of carbonyl (C=O) groups is 1. The third-order valence-corrected chi connectivity index (χ3v) is 4.72. The third-order valence-electron chi connectivity index (χ3n) is 4.36. The maximum atomic E-state index is 11.8. The van der Waals surface area contributed by atoms with Crippen molar-refractivity contribution in [3.8, 4) is 11.1 Å². The van der Waals surface area contributed by atoms with Gasteiger partial charge in [-0.1, -0.05) is 48.5 Å². The van der Waals surface area contributed by atoms with Crippen LogP contribution in [-0.2, 0) is 16.1 Å². The van der Waals surface area contributed by atoms with Crippen LogP contribution in [0.5, 0.6) is 0 Å². The van der Waals surface area contributed by atoms with Gasteiger partial charge in [0.25, 0.3) is 0 Å². The zero-order valence-corrected chi connectivity index (χ0v) is 17.2. The second-order valence-corrected chi connectivity index (χ2v) is 6.78. The van der Waals surface area contributed by atoms with E-state index in [4.69, 9.17) is 21.4 Å². The second-order valence-electron chi connectivity index (χ2n) is 6.40. The SMILES string of the molecule is CCOC(=O)CCN(Cc1ccco1)C(=S)Nc1ccccc1-c1ccccc1. The maximum absolute atomic E-state index is 11.8. The highest BCUT2D eigenvalue weighted by Crippen LogP contribution is 2.28. The number of nitrogens with one attached hydrogen (secondary N) is 1. The molecular weight excluding hydrogens is 384 g/mol. The van der Waals surface area contributed by atoms with Crippen molar-refractivity contribution in [2.45, 2.75) is 19.9 Å². The minimum Gasteiger partial charge on any atom is -0.467 e. The normalized spacial score (nSPS) is 10.4. The number of carbonyl (C=O) groups excluding carboxylic acids is 1. The molecule has 2 aromatic carbocycles. The van der Waals surface area contributed by atoms with Gasteiger partial charge in [-0.3, -0.25) is 4.79 Å². The average Bonchev–Trinajstić information content (AvgIpc) is 3.25. The smallest absolute Gasteiger partial charge is 0.307 e. The van der Waals surface area contributed by atoms with E-state index in [0.717, 1.165) is 22.6 Å². The number of rotatable bonds is 8. The average molecular weight is 409 g/mol. The summed E-state index contributed by atoms with van der Waals surface area (Å²) in [6.07, 6.45) is 1.87. The minimum absolute atomic E-state index is 0.246. The quantitative estimate of drug-likeness (QED) is 0.413. The maximum Gasteiger partial charge on any atom is 0.307 e. The first-order valence-corrected chi connectivity index (χ1v) is 9.96. The van der Waals surface area contributed by atoms with Crippen molar-refractivity contribution < 1.29 is 13.9 Å². The molecule has 0 radical (unpaired) electrons. The van der Waals surface area contributed by atoms with Crippen molar-refractivity contribution in [1.82, 2.24) is 4.90 Å². The number of anilines is 1. The lowest BCUT2D eigenvalue weighted by Crippen LogP contribution is -2.36. The molecule has 3 aromatic rings. The lowest BCUT2D eigenvalue weighted by atomic mass is 10.0. The molecule has 0 fully saturated rings. The molecule has 0 aliphatic carbocycles. The monoisotopic (exact) mass is 408 g/mol. The predicted octanol–water partition coefficient (Wildman–Crippen LogP) is 5.10. The van der Waals surface area contributed by atoms with E-state index >= 15 is 0 Å². The first-order chi connectivity index (χ1) is 14.2. The van der Waals surface area contributed by atoms with Gasteiger partial charge in [-0.15, -0.1) is 0 Å². The molecule has 150 valence electrons. The van der Waals surface area contributed by atoms with Crippen LogP contribution in [0.25, 0.3) is 11.1 Å². The number of para-hydroxylation sites is 1. The lowest BCUT2D eigenvalue weighted by Gasteiger charge is -2.25. The first kappa shape index (κ1) is 20.6. The van der Waals surface area contributed by atoms with E-state index in [0.29, 0.717) is 24.8 Å². The topological polar surface area (TPSA) is 54.7 Å². The summed E-state index contributed by atoms with van der Waals surface area (Å²) in [5.41, 5.74) is 3.06. The van der Waals surface area contributed by atoms with Crippen LogP contribution in [0.2, 0.25) is 0 Å². The van der Waals surface area contributed by atoms with Gasteiger partial charge in [-0.05, 0) is 42.9 Å². The van der Waals surface area contributed by atoms with Crippen molar-refractivity contribution in [2.75, 3.05) is 18.5 Å².